The molecule has 120 valence electrons. The number of ether oxygens (including phenoxy) is 1. The van der Waals surface area contributed by atoms with Gasteiger partial charge < -0.3 is 9.16 Å². The summed E-state index contributed by atoms with van der Waals surface area (Å²) in [6.07, 6.45) is 5.62. The first-order chi connectivity index (χ1) is 10.3. The molecular formula is C17H24O4Si. The molecule has 22 heavy (non-hydrogen) atoms. The van der Waals surface area contributed by atoms with Crippen LogP contribution in [0.5, 0.6) is 0 Å². The molecule has 1 aromatic rings. The molecule has 0 unspecified atom stereocenters. The van der Waals surface area contributed by atoms with E-state index in [0.29, 0.717) is 13.0 Å². The lowest BCUT2D eigenvalue weighted by Crippen LogP contribution is -2.30. The Morgan fingerprint density at radius 1 is 1.05 bits per heavy atom. The number of carbonyl (C=O) groups is 2. The lowest BCUT2D eigenvalue weighted by Gasteiger charge is -2.18. The smallest absolute Gasteiger partial charge is 0.339 e. The molecule has 0 atom stereocenters. The fraction of sp³-hybridized carbons (Fsp3) is 0.412. The molecule has 0 saturated heterocycles. The molecule has 0 aromatic heterocycles. The van der Waals surface area contributed by atoms with Gasteiger partial charge in [-0.2, -0.15) is 0 Å². The van der Waals surface area contributed by atoms with E-state index < -0.39 is 20.3 Å². The van der Waals surface area contributed by atoms with E-state index in [1.165, 1.54) is 0 Å². The molecule has 4 nitrogen and oxygen atoms in total. The second-order valence-electron chi connectivity index (χ2n) is 5.85. The fourth-order valence-electron chi connectivity index (χ4n) is 1.75. The topological polar surface area (TPSA) is 52.6 Å². The standard InChI is InChI=1S/C17H24O4Si/c1-5-6-7-10-13-20-16(18)14-11-8-9-12-15(14)17(19)21-22(2,3)4/h6-9,11-12H,5,10,13H2,1-4H3/b7-6-. The van der Waals surface area contributed by atoms with Gasteiger partial charge >= 0.3 is 11.9 Å². The van der Waals surface area contributed by atoms with E-state index >= 15 is 0 Å². The van der Waals surface area contributed by atoms with Crippen LogP contribution in [0.25, 0.3) is 0 Å². The largest absolute Gasteiger partial charge is 0.516 e. The molecule has 0 N–H and O–H groups in total. The average molecular weight is 320 g/mol. The maximum absolute atomic E-state index is 12.2. The average Bonchev–Trinajstić information content (AvgIpc) is 2.45. The predicted octanol–water partition coefficient (Wildman–Crippen LogP) is 4.19. The minimum Gasteiger partial charge on any atom is -0.516 e. The normalized spacial score (nSPS) is 11.5. The van der Waals surface area contributed by atoms with Crippen molar-refractivity contribution in [2.75, 3.05) is 6.61 Å². The second kappa shape index (κ2) is 8.53. The molecule has 0 radical (unpaired) electrons. The maximum Gasteiger partial charge on any atom is 0.339 e. The quantitative estimate of drug-likeness (QED) is 0.327. The van der Waals surface area contributed by atoms with Crippen LogP contribution in [-0.4, -0.2) is 26.9 Å². The molecule has 0 amide bonds. The first-order valence-electron chi connectivity index (χ1n) is 7.49. The summed E-state index contributed by atoms with van der Waals surface area (Å²) in [7, 11) is -2.01. The van der Waals surface area contributed by atoms with Gasteiger partial charge in [0.2, 0.25) is 8.32 Å². The van der Waals surface area contributed by atoms with Crippen LogP contribution in [0.2, 0.25) is 19.6 Å². The Labute approximate surface area is 133 Å². The van der Waals surface area contributed by atoms with Crippen molar-refractivity contribution in [3.63, 3.8) is 0 Å². The highest BCUT2D eigenvalue weighted by Gasteiger charge is 2.24. The summed E-state index contributed by atoms with van der Waals surface area (Å²) in [6, 6.07) is 6.60. The molecule has 0 spiro atoms. The van der Waals surface area contributed by atoms with Crippen molar-refractivity contribution in [3.8, 4) is 0 Å². The second-order valence-corrected chi connectivity index (χ2v) is 10.3. The molecule has 0 bridgehead atoms. The number of esters is 1. The van der Waals surface area contributed by atoms with E-state index in [4.69, 9.17) is 9.16 Å². The minimum atomic E-state index is -2.01. The third-order valence-electron chi connectivity index (χ3n) is 2.69. The molecular weight excluding hydrogens is 296 g/mol. The Hall–Kier alpha value is -1.88. The van der Waals surface area contributed by atoms with Crippen molar-refractivity contribution >= 4 is 20.3 Å². The molecule has 1 rings (SSSR count). The van der Waals surface area contributed by atoms with Crippen LogP contribution in [0.1, 0.15) is 40.5 Å². The van der Waals surface area contributed by atoms with Gasteiger partial charge in [-0.15, -0.1) is 0 Å². The van der Waals surface area contributed by atoms with Crippen LogP contribution >= 0.6 is 0 Å². The van der Waals surface area contributed by atoms with Gasteiger partial charge in [0.1, 0.15) is 0 Å². The lowest BCUT2D eigenvalue weighted by atomic mass is 10.1. The predicted molar refractivity (Wildman–Crippen MR) is 89.5 cm³/mol. The van der Waals surface area contributed by atoms with Crippen molar-refractivity contribution in [3.05, 3.63) is 47.5 Å². The Bertz CT molecular complexity index is 544. The summed E-state index contributed by atoms with van der Waals surface area (Å²) in [6.45, 7) is 8.11. The third kappa shape index (κ3) is 6.26. The molecule has 0 aliphatic carbocycles. The van der Waals surface area contributed by atoms with E-state index in [1.54, 1.807) is 24.3 Å². The fourth-order valence-corrected chi connectivity index (χ4v) is 2.42. The zero-order valence-corrected chi connectivity index (χ0v) is 14.7. The van der Waals surface area contributed by atoms with Gasteiger partial charge in [0.25, 0.3) is 0 Å². The Balaban J connectivity index is 2.76. The lowest BCUT2D eigenvalue weighted by molar-refractivity contribution is 0.0502. The first kappa shape index (κ1) is 18.2. The maximum atomic E-state index is 12.2. The van der Waals surface area contributed by atoms with Gasteiger partial charge in [-0.25, -0.2) is 9.59 Å². The SMILES string of the molecule is CC/C=C\CCOC(=O)c1ccccc1C(=O)O[Si](C)(C)C. The third-order valence-corrected chi connectivity index (χ3v) is 3.48. The number of hydrogen-bond donors (Lipinski definition) is 0. The van der Waals surface area contributed by atoms with Crippen LogP contribution in [0, 0.1) is 0 Å². The molecule has 5 heteroatoms. The molecule has 1 aromatic carbocycles. The molecule has 0 heterocycles. The van der Waals surface area contributed by atoms with Gasteiger partial charge in [-0.3, -0.25) is 0 Å². The summed E-state index contributed by atoms with van der Waals surface area (Å²) < 4.78 is 10.7. The van der Waals surface area contributed by atoms with Crippen molar-refractivity contribution in [1.29, 1.82) is 0 Å². The van der Waals surface area contributed by atoms with Crippen LogP contribution in [0.3, 0.4) is 0 Å². The van der Waals surface area contributed by atoms with E-state index in [0.717, 1.165) is 6.42 Å². The number of hydrogen-bond acceptors (Lipinski definition) is 4. The number of allylic oxidation sites excluding steroid dienone is 1. The summed E-state index contributed by atoms with van der Waals surface area (Å²) >= 11 is 0. The zero-order valence-electron chi connectivity index (χ0n) is 13.7. The minimum absolute atomic E-state index is 0.255. The van der Waals surface area contributed by atoms with Crippen LogP contribution in [0.4, 0.5) is 0 Å². The van der Waals surface area contributed by atoms with Crippen LogP contribution in [0.15, 0.2) is 36.4 Å². The molecule has 0 fully saturated rings. The Morgan fingerprint density at radius 2 is 1.64 bits per heavy atom. The van der Waals surface area contributed by atoms with Gasteiger partial charge in [0.05, 0.1) is 17.7 Å². The van der Waals surface area contributed by atoms with Crippen LogP contribution < -0.4 is 0 Å². The van der Waals surface area contributed by atoms with E-state index in [1.807, 2.05) is 38.7 Å². The Kier molecular flexibility index (Phi) is 7.05. The highest BCUT2D eigenvalue weighted by atomic mass is 28.4. The van der Waals surface area contributed by atoms with Gasteiger partial charge in [0.15, 0.2) is 0 Å². The number of rotatable bonds is 7. The molecule has 0 saturated carbocycles. The van der Waals surface area contributed by atoms with Crippen molar-refractivity contribution in [2.24, 2.45) is 0 Å². The summed E-state index contributed by atoms with van der Waals surface area (Å²) in [5.41, 5.74) is 0.518. The zero-order chi connectivity index (χ0) is 16.6. The number of benzene rings is 1. The Morgan fingerprint density at radius 3 is 2.18 bits per heavy atom. The van der Waals surface area contributed by atoms with Gasteiger partial charge in [0, 0.05) is 0 Å². The molecule has 0 aliphatic rings. The highest BCUT2D eigenvalue weighted by Crippen LogP contribution is 2.15. The van der Waals surface area contributed by atoms with Crippen molar-refractivity contribution < 1.29 is 18.8 Å². The van der Waals surface area contributed by atoms with Crippen molar-refractivity contribution in [1.82, 2.24) is 0 Å². The van der Waals surface area contributed by atoms with Crippen LogP contribution in [-0.2, 0) is 9.16 Å². The summed E-state index contributed by atoms with van der Waals surface area (Å²) in [5.74, 6) is -0.953. The first-order valence-corrected chi connectivity index (χ1v) is 10.9. The number of carbonyl (C=O) groups excluding carboxylic acids is 2. The monoisotopic (exact) mass is 320 g/mol. The van der Waals surface area contributed by atoms with E-state index in [-0.39, 0.29) is 11.1 Å². The van der Waals surface area contributed by atoms with Crippen molar-refractivity contribution in [2.45, 2.75) is 39.4 Å². The van der Waals surface area contributed by atoms with Gasteiger partial charge in [-0.1, -0.05) is 31.2 Å². The molecule has 0 aliphatic heterocycles. The van der Waals surface area contributed by atoms with Gasteiger partial charge in [-0.05, 0) is 44.6 Å². The van der Waals surface area contributed by atoms with E-state index in [9.17, 15) is 9.59 Å². The van der Waals surface area contributed by atoms with E-state index in [2.05, 4.69) is 0 Å². The highest BCUT2D eigenvalue weighted by molar-refractivity contribution is 6.71. The summed E-state index contributed by atoms with van der Waals surface area (Å²) in [4.78, 5) is 24.3. The summed E-state index contributed by atoms with van der Waals surface area (Å²) in [5, 5.41) is 0.